The molecule has 1 fully saturated rings. The number of H-pyrrole nitrogens is 1. The molecule has 1 saturated heterocycles. The van der Waals surface area contributed by atoms with Crippen LogP contribution in [0.25, 0.3) is 11.3 Å². The first-order valence-electron chi connectivity index (χ1n) is 9.20. The second-order valence-electron chi connectivity index (χ2n) is 6.97. The molecule has 0 aliphatic carbocycles. The smallest absolute Gasteiger partial charge is 0.337 e. The number of aromatic nitrogens is 4. The number of hydrogen-bond acceptors (Lipinski definition) is 4. The summed E-state index contributed by atoms with van der Waals surface area (Å²) in [4.78, 5) is 23.0. The van der Waals surface area contributed by atoms with Gasteiger partial charge < -0.3 is 4.90 Å². The first-order chi connectivity index (χ1) is 13.9. The number of halogens is 3. The van der Waals surface area contributed by atoms with Crippen LogP contribution < -0.4 is 0 Å². The monoisotopic (exact) mass is 401 g/mol. The average molecular weight is 401 g/mol. The van der Waals surface area contributed by atoms with E-state index in [0.717, 1.165) is 25.0 Å². The normalized spacial score (nSPS) is 17.3. The van der Waals surface area contributed by atoms with E-state index in [1.807, 2.05) is 0 Å². The van der Waals surface area contributed by atoms with E-state index in [9.17, 15) is 18.0 Å². The number of nitrogens with one attached hydrogen (secondary N) is 1. The van der Waals surface area contributed by atoms with Gasteiger partial charge in [0.15, 0.2) is 0 Å². The molecule has 0 spiro atoms. The highest BCUT2D eigenvalue weighted by Crippen LogP contribution is 2.32. The van der Waals surface area contributed by atoms with Gasteiger partial charge in [-0.2, -0.15) is 18.3 Å². The van der Waals surface area contributed by atoms with Crippen LogP contribution >= 0.6 is 0 Å². The third-order valence-corrected chi connectivity index (χ3v) is 5.00. The minimum atomic E-state index is -4.42. The number of benzene rings is 1. The van der Waals surface area contributed by atoms with Gasteiger partial charge >= 0.3 is 6.18 Å². The Bertz CT molecular complexity index is 1000. The summed E-state index contributed by atoms with van der Waals surface area (Å²) < 4.78 is 39.0. The van der Waals surface area contributed by atoms with E-state index in [1.165, 1.54) is 18.5 Å². The van der Waals surface area contributed by atoms with Crippen molar-refractivity contribution in [3.8, 4) is 11.3 Å². The van der Waals surface area contributed by atoms with Gasteiger partial charge in [-0.25, -0.2) is 4.98 Å². The lowest BCUT2D eigenvalue weighted by Gasteiger charge is -2.32. The topological polar surface area (TPSA) is 74.8 Å². The highest BCUT2D eigenvalue weighted by molar-refractivity contribution is 5.92. The Morgan fingerprint density at radius 2 is 2.07 bits per heavy atom. The van der Waals surface area contributed by atoms with Crippen molar-refractivity contribution in [1.82, 2.24) is 25.1 Å². The van der Waals surface area contributed by atoms with Crippen molar-refractivity contribution in [2.45, 2.75) is 24.9 Å². The van der Waals surface area contributed by atoms with E-state index < -0.39 is 11.7 Å². The number of amides is 1. The highest BCUT2D eigenvalue weighted by Gasteiger charge is 2.31. The Morgan fingerprint density at radius 1 is 1.21 bits per heavy atom. The van der Waals surface area contributed by atoms with Gasteiger partial charge in [-0.05, 0) is 31.0 Å². The zero-order valence-electron chi connectivity index (χ0n) is 15.4. The van der Waals surface area contributed by atoms with Crippen LogP contribution in [-0.2, 0) is 6.18 Å². The molecule has 29 heavy (non-hydrogen) atoms. The molecule has 0 radical (unpaired) electrons. The van der Waals surface area contributed by atoms with Crippen LogP contribution in [0.15, 0.2) is 48.9 Å². The summed E-state index contributed by atoms with van der Waals surface area (Å²) in [7, 11) is 0. The number of rotatable bonds is 3. The lowest BCUT2D eigenvalue weighted by atomic mass is 9.94. The molecule has 3 aromatic rings. The van der Waals surface area contributed by atoms with Gasteiger partial charge in [0.1, 0.15) is 5.69 Å². The molecule has 9 heteroatoms. The van der Waals surface area contributed by atoms with E-state index in [1.54, 1.807) is 23.2 Å². The Balaban J connectivity index is 1.56. The summed E-state index contributed by atoms with van der Waals surface area (Å²) in [6, 6.07) is 6.67. The van der Waals surface area contributed by atoms with E-state index in [4.69, 9.17) is 0 Å². The first-order valence-corrected chi connectivity index (χ1v) is 9.20. The van der Waals surface area contributed by atoms with E-state index in [2.05, 4.69) is 20.2 Å². The van der Waals surface area contributed by atoms with Gasteiger partial charge in [-0.15, -0.1) is 0 Å². The number of carbonyl (C=O) groups excluding carboxylic acids is 1. The molecule has 6 nitrogen and oxygen atoms in total. The third kappa shape index (κ3) is 4.13. The van der Waals surface area contributed by atoms with Crippen molar-refractivity contribution >= 4 is 5.91 Å². The predicted molar refractivity (Wildman–Crippen MR) is 98.9 cm³/mol. The van der Waals surface area contributed by atoms with Crippen molar-refractivity contribution in [2.75, 3.05) is 13.1 Å². The van der Waals surface area contributed by atoms with Crippen molar-refractivity contribution in [1.29, 1.82) is 0 Å². The van der Waals surface area contributed by atoms with Crippen molar-refractivity contribution in [3.05, 3.63) is 65.9 Å². The summed E-state index contributed by atoms with van der Waals surface area (Å²) in [5.74, 6) is -0.164. The molecule has 150 valence electrons. The number of nitrogens with zero attached hydrogens (tertiary/aromatic N) is 4. The van der Waals surface area contributed by atoms with E-state index >= 15 is 0 Å². The van der Waals surface area contributed by atoms with E-state index in [-0.39, 0.29) is 11.8 Å². The van der Waals surface area contributed by atoms with Gasteiger partial charge in [-0.3, -0.25) is 14.9 Å². The summed E-state index contributed by atoms with van der Waals surface area (Å²) in [5, 5.41) is 6.49. The summed E-state index contributed by atoms with van der Waals surface area (Å²) >= 11 is 0. The number of carbonyl (C=O) groups is 1. The molecule has 0 bridgehead atoms. The molecule has 0 unspecified atom stereocenters. The fourth-order valence-electron chi connectivity index (χ4n) is 3.52. The zero-order valence-corrected chi connectivity index (χ0v) is 15.4. The van der Waals surface area contributed by atoms with Gasteiger partial charge in [0, 0.05) is 37.0 Å². The number of likely N-dealkylation sites (tertiary alicyclic amines) is 1. The molecular weight excluding hydrogens is 383 g/mol. The maximum absolute atomic E-state index is 13.0. The SMILES string of the molecule is O=C(c1ccn[nH]1)N1CCC[C@@H](c2cncc(-c3cccc(C(F)(F)F)c3)n2)C1. The molecule has 1 amide bonds. The molecule has 1 atom stereocenters. The van der Waals surface area contributed by atoms with Crippen LogP contribution in [0, 0.1) is 0 Å². The lowest BCUT2D eigenvalue weighted by Crippen LogP contribution is -2.39. The van der Waals surface area contributed by atoms with Gasteiger partial charge in [0.05, 0.1) is 23.1 Å². The fraction of sp³-hybridized carbons (Fsp3) is 0.300. The quantitative estimate of drug-likeness (QED) is 0.722. The van der Waals surface area contributed by atoms with Crippen LogP contribution in [0.2, 0.25) is 0 Å². The molecule has 0 saturated carbocycles. The number of aromatic amines is 1. The minimum absolute atomic E-state index is 0.0335. The first kappa shape index (κ1) is 19.1. The van der Waals surface area contributed by atoms with Gasteiger partial charge in [0.25, 0.3) is 5.91 Å². The molecule has 1 N–H and O–H groups in total. The number of piperidine rings is 1. The second-order valence-corrected chi connectivity index (χ2v) is 6.97. The lowest BCUT2D eigenvalue weighted by molar-refractivity contribution is -0.137. The van der Waals surface area contributed by atoms with Crippen LogP contribution in [0.3, 0.4) is 0 Å². The second kappa shape index (κ2) is 7.65. The zero-order chi connectivity index (χ0) is 20.4. The maximum Gasteiger partial charge on any atom is 0.416 e. The molecule has 1 aliphatic rings. The molecule has 2 aromatic heterocycles. The number of hydrogen-bond donors (Lipinski definition) is 1. The van der Waals surface area contributed by atoms with Crippen LogP contribution in [0.1, 0.15) is 40.5 Å². The Kier molecular flexibility index (Phi) is 5.04. The van der Waals surface area contributed by atoms with Crippen molar-refractivity contribution in [3.63, 3.8) is 0 Å². The van der Waals surface area contributed by atoms with Gasteiger partial charge in [0.2, 0.25) is 0 Å². The van der Waals surface area contributed by atoms with Crippen LogP contribution in [-0.4, -0.2) is 44.1 Å². The summed E-state index contributed by atoms with van der Waals surface area (Å²) in [6.45, 7) is 1.10. The molecule has 4 rings (SSSR count). The standard InChI is InChI=1S/C20H18F3N5O/c21-20(22,23)15-5-1-3-13(9-15)17-10-24-11-18(26-17)14-4-2-8-28(12-14)19(29)16-6-7-25-27-16/h1,3,5-7,9-11,14H,2,4,8,12H2,(H,25,27)/t14-/m1/s1. The minimum Gasteiger partial charge on any atom is -0.337 e. The molecule has 1 aliphatic heterocycles. The summed E-state index contributed by atoms with van der Waals surface area (Å²) in [6.07, 6.45) is 1.81. The number of alkyl halides is 3. The van der Waals surface area contributed by atoms with Crippen LogP contribution in [0.5, 0.6) is 0 Å². The fourth-order valence-corrected chi connectivity index (χ4v) is 3.52. The largest absolute Gasteiger partial charge is 0.416 e. The van der Waals surface area contributed by atoms with Crippen molar-refractivity contribution < 1.29 is 18.0 Å². The molecular formula is C20H18F3N5O. The van der Waals surface area contributed by atoms with Crippen molar-refractivity contribution in [2.24, 2.45) is 0 Å². The van der Waals surface area contributed by atoms with E-state index in [0.29, 0.717) is 35.7 Å². The van der Waals surface area contributed by atoms with Gasteiger partial charge in [-0.1, -0.05) is 12.1 Å². The third-order valence-electron chi connectivity index (χ3n) is 5.00. The highest BCUT2D eigenvalue weighted by atomic mass is 19.4. The summed E-state index contributed by atoms with van der Waals surface area (Å²) in [5.41, 5.74) is 1.11. The molecule has 3 heterocycles. The Hall–Kier alpha value is -3.23. The Labute approximate surface area is 164 Å². The van der Waals surface area contributed by atoms with Crippen LogP contribution in [0.4, 0.5) is 13.2 Å². The maximum atomic E-state index is 13.0. The Morgan fingerprint density at radius 3 is 2.83 bits per heavy atom. The predicted octanol–water partition coefficient (Wildman–Crippen LogP) is 3.91. The average Bonchev–Trinajstić information content (AvgIpc) is 3.28. The molecule has 1 aromatic carbocycles.